The van der Waals surface area contributed by atoms with Gasteiger partial charge in [-0.15, -0.1) is 11.8 Å². The smallest absolute Gasteiger partial charge is 0.227 e. The van der Waals surface area contributed by atoms with Crippen LogP contribution in [-0.2, 0) is 4.79 Å². The zero-order valence-electron chi connectivity index (χ0n) is 9.41. The van der Waals surface area contributed by atoms with Gasteiger partial charge < -0.3 is 5.32 Å². The Morgan fingerprint density at radius 3 is 2.47 bits per heavy atom. The van der Waals surface area contributed by atoms with Gasteiger partial charge in [0.2, 0.25) is 5.91 Å². The molecular weight excluding hydrogens is 206 g/mol. The molecule has 0 aliphatic carbocycles. The van der Waals surface area contributed by atoms with Crippen molar-refractivity contribution in [2.45, 2.75) is 25.2 Å². The number of nitrogens with one attached hydrogen (secondary N) is 1. The van der Waals surface area contributed by atoms with E-state index in [9.17, 15) is 4.79 Å². The molecule has 0 aromatic heterocycles. The van der Waals surface area contributed by atoms with E-state index in [1.165, 1.54) is 4.90 Å². The summed E-state index contributed by atoms with van der Waals surface area (Å²) in [6, 6.07) is 7.89. The molecule has 0 spiro atoms. The minimum absolute atomic E-state index is 0.0743. The Balaban J connectivity index is 2.61. The molecule has 0 radical (unpaired) electrons. The predicted molar refractivity (Wildman–Crippen MR) is 66.3 cm³/mol. The summed E-state index contributed by atoms with van der Waals surface area (Å²) < 4.78 is 0. The Hall–Kier alpha value is -0.960. The summed E-state index contributed by atoms with van der Waals surface area (Å²) in [6.45, 7) is 3.95. The molecule has 15 heavy (non-hydrogen) atoms. The van der Waals surface area contributed by atoms with Gasteiger partial charge in [0.05, 0.1) is 0 Å². The van der Waals surface area contributed by atoms with Gasteiger partial charge in [0.15, 0.2) is 0 Å². The highest BCUT2D eigenvalue weighted by atomic mass is 32.2. The van der Waals surface area contributed by atoms with Crippen molar-refractivity contribution in [2.24, 2.45) is 5.92 Å². The van der Waals surface area contributed by atoms with Crippen LogP contribution in [0.3, 0.4) is 0 Å². The number of amides is 1. The van der Waals surface area contributed by atoms with Crippen LogP contribution in [0.25, 0.3) is 0 Å². The van der Waals surface area contributed by atoms with Crippen LogP contribution < -0.4 is 5.32 Å². The molecule has 1 aromatic rings. The van der Waals surface area contributed by atoms with E-state index in [0.29, 0.717) is 0 Å². The molecule has 0 saturated carbocycles. The maximum Gasteiger partial charge on any atom is 0.227 e. The van der Waals surface area contributed by atoms with Crippen LogP contribution in [0.1, 0.15) is 20.3 Å². The van der Waals surface area contributed by atoms with Gasteiger partial charge in [0.1, 0.15) is 0 Å². The number of carbonyl (C=O) groups excluding carboxylic acids is 1. The standard InChI is InChI=1S/C12H17NOS/c1-4-9(2)12(14)13-10-5-7-11(15-3)8-6-10/h5-9H,4H2,1-3H3,(H,13,14). The van der Waals surface area contributed by atoms with E-state index in [1.807, 2.05) is 44.4 Å². The molecule has 0 saturated heterocycles. The van der Waals surface area contributed by atoms with Gasteiger partial charge in [-0.25, -0.2) is 0 Å². The second-order valence-corrected chi connectivity index (χ2v) is 4.41. The lowest BCUT2D eigenvalue weighted by atomic mass is 10.1. The van der Waals surface area contributed by atoms with E-state index >= 15 is 0 Å². The van der Waals surface area contributed by atoms with Gasteiger partial charge >= 0.3 is 0 Å². The molecule has 1 rings (SSSR count). The van der Waals surface area contributed by atoms with Crippen molar-refractivity contribution in [2.75, 3.05) is 11.6 Å². The normalized spacial score (nSPS) is 12.2. The van der Waals surface area contributed by atoms with Crippen LogP contribution in [0.2, 0.25) is 0 Å². The number of hydrogen-bond acceptors (Lipinski definition) is 2. The molecule has 0 aliphatic rings. The molecule has 0 bridgehead atoms. The van der Waals surface area contributed by atoms with E-state index in [0.717, 1.165) is 12.1 Å². The fourth-order valence-corrected chi connectivity index (χ4v) is 1.53. The predicted octanol–water partition coefficient (Wildman–Crippen LogP) is 3.39. The Bertz CT molecular complexity index is 321. The third-order valence-electron chi connectivity index (χ3n) is 2.42. The average Bonchev–Trinajstić information content (AvgIpc) is 2.29. The zero-order chi connectivity index (χ0) is 11.3. The van der Waals surface area contributed by atoms with Gasteiger partial charge in [-0.1, -0.05) is 13.8 Å². The quantitative estimate of drug-likeness (QED) is 0.793. The molecule has 1 atom stereocenters. The highest BCUT2D eigenvalue weighted by Crippen LogP contribution is 2.18. The zero-order valence-corrected chi connectivity index (χ0v) is 10.2. The number of benzene rings is 1. The Morgan fingerprint density at radius 2 is 2.00 bits per heavy atom. The summed E-state index contributed by atoms with van der Waals surface area (Å²) in [5.74, 6) is 0.166. The summed E-state index contributed by atoms with van der Waals surface area (Å²) >= 11 is 1.69. The molecule has 82 valence electrons. The minimum Gasteiger partial charge on any atom is -0.326 e. The Labute approximate surface area is 95.5 Å². The second-order valence-electron chi connectivity index (χ2n) is 3.53. The van der Waals surface area contributed by atoms with E-state index in [2.05, 4.69) is 5.32 Å². The van der Waals surface area contributed by atoms with Crippen molar-refractivity contribution in [3.05, 3.63) is 24.3 Å². The van der Waals surface area contributed by atoms with Crippen LogP contribution >= 0.6 is 11.8 Å². The summed E-state index contributed by atoms with van der Waals surface area (Å²) in [5.41, 5.74) is 0.873. The summed E-state index contributed by atoms with van der Waals surface area (Å²) in [5, 5.41) is 2.90. The van der Waals surface area contributed by atoms with E-state index in [4.69, 9.17) is 0 Å². The maximum absolute atomic E-state index is 11.6. The largest absolute Gasteiger partial charge is 0.326 e. The summed E-state index contributed by atoms with van der Waals surface area (Å²) in [6.07, 6.45) is 2.90. The van der Waals surface area contributed by atoms with Crippen LogP contribution in [0, 0.1) is 5.92 Å². The molecule has 0 fully saturated rings. The van der Waals surface area contributed by atoms with Crippen molar-refractivity contribution < 1.29 is 4.79 Å². The molecule has 1 amide bonds. The lowest BCUT2D eigenvalue weighted by Gasteiger charge is -2.09. The first-order valence-electron chi connectivity index (χ1n) is 5.12. The molecule has 0 heterocycles. The molecule has 2 nitrogen and oxygen atoms in total. The molecular formula is C12H17NOS. The first kappa shape index (κ1) is 12.1. The van der Waals surface area contributed by atoms with Crippen LogP contribution in [0.15, 0.2) is 29.2 Å². The summed E-state index contributed by atoms with van der Waals surface area (Å²) in [4.78, 5) is 12.8. The lowest BCUT2D eigenvalue weighted by molar-refractivity contribution is -0.119. The van der Waals surface area contributed by atoms with Crippen molar-refractivity contribution in [1.82, 2.24) is 0 Å². The lowest BCUT2D eigenvalue weighted by Crippen LogP contribution is -2.19. The first-order chi connectivity index (χ1) is 7.17. The molecule has 0 aliphatic heterocycles. The van der Waals surface area contributed by atoms with Crippen molar-refractivity contribution in [3.63, 3.8) is 0 Å². The van der Waals surface area contributed by atoms with Gasteiger partial charge in [-0.3, -0.25) is 4.79 Å². The number of rotatable bonds is 4. The fourth-order valence-electron chi connectivity index (χ4n) is 1.13. The third-order valence-corrected chi connectivity index (χ3v) is 3.16. The van der Waals surface area contributed by atoms with Gasteiger partial charge in [0, 0.05) is 16.5 Å². The monoisotopic (exact) mass is 223 g/mol. The highest BCUT2D eigenvalue weighted by Gasteiger charge is 2.09. The highest BCUT2D eigenvalue weighted by molar-refractivity contribution is 7.98. The molecule has 1 unspecified atom stereocenters. The van der Waals surface area contributed by atoms with Crippen LogP contribution in [-0.4, -0.2) is 12.2 Å². The number of anilines is 1. The van der Waals surface area contributed by atoms with Crippen molar-refractivity contribution >= 4 is 23.4 Å². The summed E-state index contributed by atoms with van der Waals surface area (Å²) in [7, 11) is 0. The van der Waals surface area contributed by atoms with E-state index in [1.54, 1.807) is 11.8 Å². The van der Waals surface area contributed by atoms with Gasteiger partial charge in [-0.05, 0) is 36.9 Å². The second kappa shape index (κ2) is 5.81. The number of thioether (sulfide) groups is 1. The maximum atomic E-state index is 11.6. The van der Waals surface area contributed by atoms with E-state index < -0.39 is 0 Å². The first-order valence-corrected chi connectivity index (χ1v) is 6.34. The number of hydrogen-bond donors (Lipinski definition) is 1. The van der Waals surface area contributed by atoms with E-state index in [-0.39, 0.29) is 11.8 Å². The third kappa shape index (κ3) is 3.59. The Morgan fingerprint density at radius 1 is 1.40 bits per heavy atom. The van der Waals surface area contributed by atoms with Crippen LogP contribution in [0.5, 0.6) is 0 Å². The topological polar surface area (TPSA) is 29.1 Å². The SMILES string of the molecule is CCC(C)C(=O)Nc1ccc(SC)cc1. The molecule has 1 N–H and O–H groups in total. The number of carbonyl (C=O) groups is 1. The van der Waals surface area contributed by atoms with Crippen molar-refractivity contribution in [1.29, 1.82) is 0 Å². The van der Waals surface area contributed by atoms with Crippen LogP contribution in [0.4, 0.5) is 5.69 Å². The van der Waals surface area contributed by atoms with Crippen molar-refractivity contribution in [3.8, 4) is 0 Å². The van der Waals surface area contributed by atoms with Gasteiger partial charge in [0.25, 0.3) is 0 Å². The minimum atomic E-state index is 0.0743. The average molecular weight is 223 g/mol. The molecule has 1 aromatic carbocycles. The Kier molecular flexibility index (Phi) is 4.69. The fraction of sp³-hybridized carbons (Fsp3) is 0.417. The van der Waals surface area contributed by atoms with Gasteiger partial charge in [-0.2, -0.15) is 0 Å². The molecule has 3 heteroatoms.